The van der Waals surface area contributed by atoms with Crippen molar-refractivity contribution in [3.63, 3.8) is 0 Å². The lowest BCUT2D eigenvalue weighted by atomic mass is 9.82. The number of nitrogens with two attached hydrogens (primary N) is 1. The molecule has 112 valence electrons. The first-order valence-corrected chi connectivity index (χ1v) is 7.05. The highest BCUT2D eigenvalue weighted by atomic mass is 19.1. The molecular formula is C14H27FN2O2. The zero-order valence-electron chi connectivity index (χ0n) is 12.5. The quantitative estimate of drug-likeness (QED) is 0.860. The number of carbonyl (C=O) groups excluding carboxylic acids is 1. The maximum absolute atomic E-state index is 13.1. The highest BCUT2D eigenvalue weighted by Crippen LogP contribution is 2.28. The summed E-state index contributed by atoms with van der Waals surface area (Å²) in [5, 5.41) is 0. The van der Waals surface area contributed by atoms with Crippen LogP contribution in [0.4, 0.5) is 9.18 Å². The van der Waals surface area contributed by atoms with Gasteiger partial charge in [-0.25, -0.2) is 9.18 Å². The molecule has 4 nitrogen and oxygen atoms in total. The maximum atomic E-state index is 13.1. The summed E-state index contributed by atoms with van der Waals surface area (Å²) < 4.78 is 18.5. The summed E-state index contributed by atoms with van der Waals surface area (Å²) in [6.07, 6.45) is 0.226. The lowest BCUT2D eigenvalue weighted by Crippen LogP contribution is -2.48. The maximum Gasteiger partial charge on any atom is 0.410 e. The van der Waals surface area contributed by atoms with Gasteiger partial charge in [0.1, 0.15) is 5.60 Å². The van der Waals surface area contributed by atoms with Crippen molar-refractivity contribution in [3.8, 4) is 0 Å². The molecule has 1 aliphatic rings. The predicted octanol–water partition coefficient (Wildman–Crippen LogP) is 2.57. The van der Waals surface area contributed by atoms with Gasteiger partial charge in [0, 0.05) is 13.1 Å². The molecule has 19 heavy (non-hydrogen) atoms. The average molecular weight is 274 g/mol. The minimum Gasteiger partial charge on any atom is -0.444 e. The molecule has 3 unspecified atom stereocenters. The molecule has 1 aliphatic heterocycles. The number of nitrogens with zero attached hydrogens (tertiary/aromatic N) is 1. The first kappa shape index (κ1) is 16.2. The fraction of sp³-hybridized carbons (Fsp3) is 0.929. The number of halogens is 1. The van der Waals surface area contributed by atoms with Crippen LogP contribution in [-0.2, 0) is 4.74 Å². The Bertz CT molecular complexity index is 302. The summed E-state index contributed by atoms with van der Waals surface area (Å²) in [6, 6.07) is 0. The van der Waals surface area contributed by atoms with E-state index in [9.17, 15) is 9.18 Å². The number of amides is 1. The third-order valence-corrected chi connectivity index (χ3v) is 3.47. The van der Waals surface area contributed by atoms with Crippen LogP contribution < -0.4 is 5.73 Å². The molecule has 0 aromatic heterocycles. The summed E-state index contributed by atoms with van der Waals surface area (Å²) in [7, 11) is 0. The normalized spacial score (nSPS) is 26.1. The summed E-state index contributed by atoms with van der Waals surface area (Å²) in [5.41, 5.74) is 5.27. The minimum atomic E-state index is -0.813. The van der Waals surface area contributed by atoms with E-state index in [4.69, 9.17) is 10.5 Å². The summed E-state index contributed by atoms with van der Waals surface area (Å²) in [6.45, 7) is 8.81. The molecule has 0 aromatic carbocycles. The SMILES string of the molecule is CC(F)CC1CCN(C(=O)OC(C)(C)C)CC1CN. The van der Waals surface area contributed by atoms with Crippen LogP contribution in [0.25, 0.3) is 0 Å². The average Bonchev–Trinajstić information content (AvgIpc) is 2.26. The number of hydrogen-bond donors (Lipinski definition) is 1. The Kier molecular flexibility index (Phi) is 5.59. The van der Waals surface area contributed by atoms with Crippen LogP contribution in [0, 0.1) is 11.8 Å². The van der Waals surface area contributed by atoms with Crippen LogP contribution in [-0.4, -0.2) is 42.4 Å². The molecule has 0 aliphatic carbocycles. The lowest BCUT2D eigenvalue weighted by Gasteiger charge is -2.38. The van der Waals surface area contributed by atoms with Crippen LogP contribution in [0.5, 0.6) is 0 Å². The van der Waals surface area contributed by atoms with Crippen molar-refractivity contribution in [2.45, 2.75) is 52.3 Å². The Morgan fingerprint density at radius 1 is 1.47 bits per heavy atom. The molecule has 1 heterocycles. The van der Waals surface area contributed by atoms with Gasteiger partial charge >= 0.3 is 6.09 Å². The number of alkyl halides is 1. The smallest absolute Gasteiger partial charge is 0.410 e. The number of likely N-dealkylation sites (tertiary alicyclic amines) is 1. The topological polar surface area (TPSA) is 55.6 Å². The van der Waals surface area contributed by atoms with Crippen LogP contribution in [0.15, 0.2) is 0 Å². The van der Waals surface area contributed by atoms with Gasteiger partial charge in [0.25, 0.3) is 0 Å². The van der Waals surface area contributed by atoms with Crippen LogP contribution in [0.2, 0.25) is 0 Å². The molecule has 1 amide bonds. The Labute approximate surface area is 115 Å². The number of carbonyl (C=O) groups is 1. The second-order valence-electron chi connectivity index (χ2n) is 6.49. The van der Waals surface area contributed by atoms with Gasteiger partial charge in [-0.05, 0) is 58.9 Å². The van der Waals surface area contributed by atoms with E-state index in [1.54, 1.807) is 11.8 Å². The van der Waals surface area contributed by atoms with Gasteiger partial charge in [-0.1, -0.05) is 0 Å². The van der Waals surface area contributed by atoms with E-state index in [1.807, 2.05) is 20.8 Å². The zero-order valence-corrected chi connectivity index (χ0v) is 12.5. The van der Waals surface area contributed by atoms with Gasteiger partial charge in [0.2, 0.25) is 0 Å². The summed E-state index contributed by atoms with van der Waals surface area (Å²) in [4.78, 5) is 13.7. The minimum absolute atomic E-state index is 0.166. The summed E-state index contributed by atoms with van der Waals surface area (Å²) >= 11 is 0. The van der Waals surface area contributed by atoms with Gasteiger partial charge < -0.3 is 15.4 Å². The third kappa shape index (κ3) is 5.35. The molecule has 5 heteroatoms. The molecule has 1 rings (SSSR count). The molecule has 0 saturated carbocycles. The van der Waals surface area contributed by atoms with Crippen molar-refractivity contribution in [3.05, 3.63) is 0 Å². The van der Waals surface area contributed by atoms with Crippen molar-refractivity contribution >= 4 is 6.09 Å². The van der Waals surface area contributed by atoms with Crippen molar-refractivity contribution < 1.29 is 13.9 Å². The van der Waals surface area contributed by atoms with Gasteiger partial charge in [0.15, 0.2) is 0 Å². The fourth-order valence-corrected chi connectivity index (χ4v) is 2.57. The molecule has 0 aromatic rings. The Morgan fingerprint density at radius 3 is 2.58 bits per heavy atom. The second-order valence-corrected chi connectivity index (χ2v) is 6.49. The van der Waals surface area contributed by atoms with Crippen molar-refractivity contribution in [2.75, 3.05) is 19.6 Å². The van der Waals surface area contributed by atoms with Gasteiger partial charge in [-0.2, -0.15) is 0 Å². The van der Waals surface area contributed by atoms with Crippen LogP contribution >= 0.6 is 0 Å². The van der Waals surface area contributed by atoms with E-state index >= 15 is 0 Å². The second kappa shape index (κ2) is 6.55. The number of hydrogen-bond acceptors (Lipinski definition) is 3. The highest BCUT2D eigenvalue weighted by molar-refractivity contribution is 5.68. The Hall–Kier alpha value is -0.840. The molecule has 3 atom stereocenters. The largest absolute Gasteiger partial charge is 0.444 e. The first-order valence-electron chi connectivity index (χ1n) is 7.05. The van der Waals surface area contributed by atoms with E-state index in [-0.39, 0.29) is 17.9 Å². The molecular weight excluding hydrogens is 247 g/mol. The molecule has 1 fully saturated rings. The third-order valence-electron chi connectivity index (χ3n) is 3.47. The zero-order chi connectivity index (χ0) is 14.6. The van der Waals surface area contributed by atoms with E-state index in [1.165, 1.54) is 0 Å². The molecule has 0 bridgehead atoms. The molecule has 0 spiro atoms. The van der Waals surface area contributed by atoms with Gasteiger partial charge in [-0.15, -0.1) is 0 Å². The monoisotopic (exact) mass is 274 g/mol. The van der Waals surface area contributed by atoms with Crippen molar-refractivity contribution in [1.29, 1.82) is 0 Å². The Morgan fingerprint density at radius 2 is 2.11 bits per heavy atom. The molecule has 2 N–H and O–H groups in total. The highest BCUT2D eigenvalue weighted by Gasteiger charge is 2.33. The summed E-state index contributed by atoms with van der Waals surface area (Å²) in [5.74, 6) is 0.433. The predicted molar refractivity (Wildman–Crippen MR) is 73.6 cm³/mol. The first-order chi connectivity index (χ1) is 8.73. The van der Waals surface area contributed by atoms with Gasteiger partial charge in [-0.3, -0.25) is 0 Å². The number of ether oxygens (including phenoxy) is 1. The number of piperidine rings is 1. The number of rotatable bonds is 3. The van der Waals surface area contributed by atoms with Crippen molar-refractivity contribution in [1.82, 2.24) is 4.90 Å². The Balaban J connectivity index is 2.56. The molecule has 1 saturated heterocycles. The van der Waals surface area contributed by atoms with Gasteiger partial charge in [0.05, 0.1) is 6.17 Å². The van der Waals surface area contributed by atoms with E-state index in [2.05, 4.69) is 0 Å². The van der Waals surface area contributed by atoms with Crippen molar-refractivity contribution in [2.24, 2.45) is 17.6 Å². The standard InChI is InChI=1S/C14H27FN2O2/c1-10(15)7-11-5-6-17(9-12(11)8-16)13(18)19-14(2,3)4/h10-12H,5-9,16H2,1-4H3. The van der Waals surface area contributed by atoms with E-state index < -0.39 is 11.8 Å². The fourth-order valence-electron chi connectivity index (χ4n) is 2.57. The van der Waals surface area contributed by atoms with Crippen LogP contribution in [0.1, 0.15) is 40.5 Å². The van der Waals surface area contributed by atoms with E-state index in [0.717, 1.165) is 6.42 Å². The van der Waals surface area contributed by atoms with E-state index in [0.29, 0.717) is 26.1 Å². The lowest BCUT2D eigenvalue weighted by molar-refractivity contribution is 0.00897. The molecule has 0 radical (unpaired) electrons. The van der Waals surface area contributed by atoms with Crippen LogP contribution in [0.3, 0.4) is 0 Å².